The highest BCUT2D eigenvalue weighted by atomic mass is 16.5. The Hall–Kier alpha value is -1.44. The topological polar surface area (TPSA) is 29.5 Å². The van der Waals surface area contributed by atoms with Gasteiger partial charge >= 0.3 is 0 Å². The van der Waals surface area contributed by atoms with Gasteiger partial charge in [0.15, 0.2) is 0 Å². The quantitative estimate of drug-likeness (QED) is 0.309. The number of hydrogen-bond acceptors (Lipinski definition) is 2. The average Bonchev–Trinajstić information content (AvgIpc) is 2.53. The summed E-state index contributed by atoms with van der Waals surface area (Å²) in [6.45, 7) is 15.1. The van der Waals surface area contributed by atoms with Crippen LogP contribution in [0.1, 0.15) is 80.6 Å². The lowest BCUT2D eigenvalue weighted by molar-refractivity contribution is 0.249. The summed E-state index contributed by atoms with van der Waals surface area (Å²) in [5.74, 6) is 2.02. The normalized spacial score (nSPS) is 16.2. The number of aliphatic hydroxyl groups is 1. The van der Waals surface area contributed by atoms with Gasteiger partial charge in [0.25, 0.3) is 0 Å². The number of rotatable bonds is 11. The van der Waals surface area contributed by atoms with Crippen LogP contribution in [-0.4, -0.2) is 12.2 Å². The standard InChI is InChI=1S/C23H40O2/c1-18(11-13-21(4)24)9-10-20(3)17-23(6,7)16-15-19(2)12-14-22(5)25-8/h11-14,20,24H,9-10,15-17H2,1-8H3/b18-11+,19-12+,21-13+,22-14+. The molecule has 1 N–H and O–H groups in total. The number of allylic oxidation sites excluding steroid dienone is 8. The van der Waals surface area contributed by atoms with E-state index < -0.39 is 0 Å². The molecule has 0 fully saturated rings. The van der Waals surface area contributed by atoms with Gasteiger partial charge in [-0.3, -0.25) is 0 Å². The van der Waals surface area contributed by atoms with Gasteiger partial charge in [-0.2, -0.15) is 0 Å². The summed E-state index contributed by atoms with van der Waals surface area (Å²) in [4.78, 5) is 0. The Balaban J connectivity index is 4.37. The van der Waals surface area contributed by atoms with Crippen molar-refractivity contribution in [3.8, 4) is 0 Å². The fraction of sp³-hybridized carbons (Fsp3) is 0.652. The van der Waals surface area contributed by atoms with Gasteiger partial charge in [0.05, 0.1) is 18.6 Å². The minimum absolute atomic E-state index is 0.355. The maximum absolute atomic E-state index is 9.22. The summed E-state index contributed by atoms with van der Waals surface area (Å²) in [6.07, 6.45) is 13.9. The highest BCUT2D eigenvalue weighted by molar-refractivity contribution is 5.13. The summed E-state index contributed by atoms with van der Waals surface area (Å²) in [5, 5.41) is 9.22. The van der Waals surface area contributed by atoms with Crippen molar-refractivity contribution in [2.45, 2.75) is 80.6 Å². The van der Waals surface area contributed by atoms with E-state index in [1.807, 2.05) is 19.1 Å². The van der Waals surface area contributed by atoms with E-state index in [0.29, 0.717) is 17.1 Å². The van der Waals surface area contributed by atoms with Crippen LogP contribution in [0.3, 0.4) is 0 Å². The molecular weight excluding hydrogens is 308 g/mol. The largest absolute Gasteiger partial charge is 0.513 e. The molecule has 0 saturated heterocycles. The molecule has 0 aliphatic carbocycles. The lowest BCUT2D eigenvalue weighted by atomic mass is 9.77. The molecule has 0 radical (unpaired) electrons. The van der Waals surface area contributed by atoms with Crippen LogP contribution < -0.4 is 0 Å². The molecule has 0 spiro atoms. The maximum atomic E-state index is 9.22. The summed E-state index contributed by atoms with van der Waals surface area (Å²) in [7, 11) is 1.71. The lowest BCUT2D eigenvalue weighted by Crippen LogP contribution is -2.16. The third-order valence-corrected chi connectivity index (χ3v) is 4.66. The molecule has 0 aliphatic rings. The van der Waals surface area contributed by atoms with E-state index in [1.54, 1.807) is 20.1 Å². The number of ether oxygens (including phenoxy) is 1. The van der Waals surface area contributed by atoms with E-state index in [-0.39, 0.29) is 0 Å². The summed E-state index contributed by atoms with van der Waals surface area (Å²) < 4.78 is 5.17. The molecule has 2 heteroatoms. The highest BCUT2D eigenvalue weighted by Crippen LogP contribution is 2.33. The molecule has 0 saturated carbocycles. The first kappa shape index (κ1) is 23.6. The second-order valence-corrected chi connectivity index (χ2v) is 8.33. The van der Waals surface area contributed by atoms with Gasteiger partial charge in [0.2, 0.25) is 0 Å². The zero-order valence-electron chi connectivity index (χ0n) is 17.8. The summed E-state index contributed by atoms with van der Waals surface area (Å²) in [5.41, 5.74) is 3.09. The minimum Gasteiger partial charge on any atom is -0.513 e. The van der Waals surface area contributed by atoms with Crippen LogP contribution in [0.5, 0.6) is 0 Å². The van der Waals surface area contributed by atoms with Gasteiger partial charge in [-0.15, -0.1) is 0 Å². The lowest BCUT2D eigenvalue weighted by Gasteiger charge is -2.28. The zero-order chi connectivity index (χ0) is 19.5. The monoisotopic (exact) mass is 348 g/mol. The number of aliphatic hydroxyl groups excluding tert-OH is 1. The van der Waals surface area contributed by atoms with E-state index >= 15 is 0 Å². The predicted molar refractivity (Wildman–Crippen MR) is 111 cm³/mol. The maximum Gasteiger partial charge on any atom is 0.0924 e. The van der Waals surface area contributed by atoms with Crippen molar-refractivity contribution < 1.29 is 9.84 Å². The van der Waals surface area contributed by atoms with E-state index in [9.17, 15) is 5.11 Å². The fourth-order valence-electron chi connectivity index (χ4n) is 2.91. The van der Waals surface area contributed by atoms with E-state index in [1.165, 1.54) is 30.4 Å². The van der Waals surface area contributed by atoms with Crippen molar-refractivity contribution in [2.24, 2.45) is 11.3 Å². The molecule has 0 heterocycles. The zero-order valence-corrected chi connectivity index (χ0v) is 17.8. The molecule has 1 atom stereocenters. The molecule has 0 aromatic heterocycles. The number of hydrogen-bond donors (Lipinski definition) is 1. The molecule has 0 amide bonds. The second-order valence-electron chi connectivity index (χ2n) is 8.33. The Morgan fingerprint density at radius 1 is 0.960 bits per heavy atom. The Morgan fingerprint density at radius 3 is 2.08 bits per heavy atom. The highest BCUT2D eigenvalue weighted by Gasteiger charge is 2.20. The van der Waals surface area contributed by atoms with Crippen molar-refractivity contribution in [3.63, 3.8) is 0 Å². The molecule has 0 aromatic carbocycles. The minimum atomic E-state index is 0.355. The van der Waals surface area contributed by atoms with Crippen molar-refractivity contribution in [2.75, 3.05) is 7.11 Å². The molecule has 25 heavy (non-hydrogen) atoms. The fourth-order valence-corrected chi connectivity index (χ4v) is 2.91. The molecule has 0 aliphatic heterocycles. The van der Waals surface area contributed by atoms with Crippen molar-refractivity contribution in [3.05, 3.63) is 47.0 Å². The molecule has 1 unspecified atom stereocenters. The Kier molecular flexibility index (Phi) is 11.3. The third-order valence-electron chi connectivity index (χ3n) is 4.66. The first-order valence-corrected chi connectivity index (χ1v) is 9.47. The molecular formula is C23H40O2. The Labute approximate surface area is 156 Å². The van der Waals surface area contributed by atoms with E-state index in [4.69, 9.17) is 4.74 Å². The summed E-state index contributed by atoms with van der Waals surface area (Å²) >= 11 is 0. The van der Waals surface area contributed by atoms with Gasteiger partial charge in [0.1, 0.15) is 0 Å². The van der Waals surface area contributed by atoms with Crippen molar-refractivity contribution in [1.82, 2.24) is 0 Å². The molecule has 0 rings (SSSR count). The van der Waals surface area contributed by atoms with Gasteiger partial charge < -0.3 is 9.84 Å². The smallest absolute Gasteiger partial charge is 0.0924 e. The summed E-state index contributed by atoms with van der Waals surface area (Å²) in [6, 6.07) is 0. The molecule has 144 valence electrons. The van der Waals surface area contributed by atoms with Crippen LogP contribution in [0, 0.1) is 11.3 Å². The van der Waals surface area contributed by atoms with Crippen molar-refractivity contribution >= 4 is 0 Å². The van der Waals surface area contributed by atoms with E-state index in [2.05, 4.69) is 40.7 Å². The van der Waals surface area contributed by atoms with Gasteiger partial charge in [0, 0.05) is 0 Å². The van der Waals surface area contributed by atoms with Gasteiger partial charge in [-0.1, -0.05) is 44.1 Å². The first-order valence-electron chi connectivity index (χ1n) is 9.47. The second kappa shape index (κ2) is 12.0. The third kappa shape index (κ3) is 13.5. The van der Waals surface area contributed by atoms with E-state index in [0.717, 1.165) is 18.6 Å². The molecule has 0 bridgehead atoms. The van der Waals surface area contributed by atoms with Crippen LogP contribution in [0.25, 0.3) is 0 Å². The molecule has 2 nitrogen and oxygen atoms in total. The van der Waals surface area contributed by atoms with Crippen LogP contribution in [0.4, 0.5) is 0 Å². The molecule has 0 aromatic rings. The first-order chi connectivity index (χ1) is 11.6. The van der Waals surface area contributed by atoms with Crippen LogP contribution in [-0.2, 0) is 4.74 Å². The van der Waals surface area contributed by atoms with Crippen LogP contribution in [0.2, 0.25) is 0 Å². The number of methoxy groups -OCH3 is 1. The predicted octanol–water partition coefficient (Wildman–Crippen LogP) is 7.50. The Bertz CT molecular complexity index is 500. The average molecular weight is 349 g/mol. The van der Waals surface area contributed by atoms with Crippen LogP contribution >= 0.6 is 0 Å². The SMILES string of the molecule is CO/C(C)=C/C=C(\C)CCC(C)(C)CC(C)CC/C(C)=C/C=C(\C)O. The van der Waals surface area contributed by atoms with Gasteiger partial charge in [-0.05, 0) is 83.3 Å². The van der Waals surface area contributed by atoms with Crippen LogP contribution in [0.15, 0.2) is 47.0 Å². The van der Waals surface area contributed by atoms with Crippen molar-refractivity contribution in [1.29, 1.82) is 0 Å². The Morgan fingerprint density at radius 2 is 1.52 bits per heavy atom. The van der Waals surface area contributed by atoms with Gasteiger partial charge in [-0.25, -0.2) is 0 Å².